The number of aromatic amines is 1. The standard InChI is InChI=1S/C44H54N6O6S2/c1-23(2)30(16-39(51)55-7)42(52)49-21-25(5)13-33(49)31-15-29(19-45-31)27-9-11-28(12-10-27)35-17-37-38(57-35)18-36(58-37)32-20-46-41(47-32)34-14-26(6)22-50(34)43(53)40(24(3)4)48-44(54)56-8/h9-12,17-20,23-26,30,33-34,40H,13-16,21-22H2,1-8H3,(H,46,47)(H,48,54)/t25-,26-,30-,33-,34-,40-/m0/s1. The smallest absolute Gasteiger partial charge is 0.407 e. The molecule has 4 aromatic rings. The number of ether oxygens (including phenoxy) is 2. The number of allylic oxidation sites excluding steroid dienone is 1. The second-order valence-electron chi connectivity index (χ2n) is 16.8. The first-order valence-electron chi connectivity index (χ1n) is 20.2. The number of alkyl carbamates (subject to hydrolysis) is 1. The van der Waals surface area contributed by atoms with E-state index in [4.69, 9.17) is 19.5 Å². The lowest BCUT2D eigenvalue weighted by Gasteiger charge is -2.30. The maximum absolute atomic E-state index is 13.8. The van der Waals surface area contributed by atoms with Crippen LogP contribution in [0.3, 0.4) is 0 Å². The maximum Gasteiger partial charge on any atom is 0.407 e. The predicted molar refractivity (Wildman–Crippen MR) is 229 cm³/mol. The van der Waals surface area contributed by atoms with Gasteiger partial charge in [-0.3, -0.25) is 19.4 Å². The van der Waals surface area contributed by atoms with Gasteiger partial charge in [-0.05, 0) is 65.3 Å². The van der Waals surface area contributed by atoms with Crippen LogP contribution >= 0.6 is 22.7 Å². The molecule has 3 aliphatic heterocycles. The molecule has 3 aromatic heterocycles. The lowest BCUT2D eigenvalue weighted by Crippen LogP contribution is -2.51. The molecule has 308 valence electrons. The molecule has 7 rings (SSSR count). The van der Waals surface area contributed by atoms with Gasteiger partial charge in [0.15, 0.2) is 0 Å². The molecule has 3 amide bonds. The first-order chi connectivity index (χ1) is 27.7. The number of likely N-dealkylation sites (tertiary alicyclic amines) is 2. The molecular formula is C44H54N6O6S2. The van der Waals surface area contributed by atoms with Crippen LogP contribution in [0.2, 0.25) is 0 Å². The number of amides is 3. The van der Waals surface area contributed by atoms with E-state index in [1.807, 2.05) is 49.9 Å². The van der Waals surface area contributed by atoms with Crippen LogP contribution in [-0.2, 0) is 23.9 Å². The zero-order valence-corrected chi connectivity index (χ0v) is 36.2. The van der Waals surface area contributed by atoms with E-state index in [9.17, 15) is 19.2 Å². The van der Waals surface area contributed by atoms with Crippen LogP contribution in [0.5, 0.6) is 0 Å². The average Bonchev–Trinajstić information content (AvgIpc) is 4.05. The van der Waals surface area contributed by atoms with Gasteiger partial charge in [0, 0.05) is 45.7 Å². The fourth-order valence-electron chi connectivity index (χ4n) is 8.53. The summed E-state index contributed by atoms with van der Waals surface area (Å²) in [5, 5.41) is 2.72. The van der Waals surface area contributed by atoms with Crippen LogP contribution in [0.15, 0.2) is 53.8 Å². The highest BCUT2D eigenvalue weighted by molar-refractivity contribution is 7.31. The van der Waals surface area contributed by atoms with Crippen molar-refractivity contribution in [2.24, 2.45) is 34.6 Å². The van der Waals surface area contributed by atoms with Crippen molar-refractivity contribution in [3.63, 3.8) is 0 Å². The number of methoxy groups -OCH3 is 2. The summed E-state index contributed by atoms with van der Waals surface area (Å²) in [4.78, 5) is 70.9. The number of H-pyrrole nitrogens is 1. The van der Waals surface area contributed by atoms with E-state index < -0.39 is 18.1 Å². The Morgan fingerprint density at radius 2 is 1.47 bits per heavy atom. The highest BCUT2D eigenvalue weighted by atomic mass is 32.1. The fraction of sp³-hybridized carbons (Fsp3) is 0.500. The third-order valence-electron chi connectivity index (χ3n) is 11.8. The molecule has 58 heavy (non-hydrogen) atoms. The number of benzene rings is 1. The quantitative estimate of drug-likeness (QED) is 0.136. The van der Waals surface area contributed by atoms with Crippen LogP contribution < -0.4 is 5.32 Å². The molecule has 3 aliphatic rings. The number of rotatable bonds is 12. The van der Waals surface area contributed by atoms with Crippen LogP contribution in [0.25, 0.3) is 36.0 Å². The molecule has 2 fully saturated rings. The van der Waals surface area contributed by atoms with Gasteiger partial charge < -0.3 is 29.6 Å². The molecule has 0 bridgehead atoms. The number of nitrogens with zero attached hydrogens (tertiary/aromatic N) is 4. The Balaban J connectivity index is 1.00. The van der Waals surface area contributed by atoms with Crippen LogP contribution in [0, 0.1) is 29.6 Å². The Labute approximate surface area is 348 Å². The Hall–Kier alpha value is -4.82. The summed E-state index contributed by atoms with van der Waals surface area (Å²) in [5.41, 5.74) is 5.32. The number of carbonyl (C=O) groups excluding carboxylic acids is 4. The molecule has 0 unspecified atom stereocenters. The van der Waals surface area contributed by atoms with Gasteiger partial charge in [-0.15, -0.1) is 22.7 Å². The molecule has 6 heterocycles. The molecule has 2 N–H and O–H groups in total. The van der Waals surface area contributed by atoms with Gasteiger partial charge >= 0.3 is 12.1 Å². The van der Waals surface area contributed by atoms with Crippen molar-refractivity contribution in [2.45, 2.75) is 85.4 Å². The number of aromatic nitrogens is 2. The van der Waals surface area contributed by atoms with E-state index in [0.29, 0.717) is 31.3 Å². The monoisotopic (exact) mass is 826 g/mol. The highest BCUT2D eigenvalue weighted by Crippen LogP contribution is 2.43. The summed E-state index contributed by atoms with van der Waals surface area (Å²) in [6.45, 7) is 13.4. The fourth-order valence-corrected chi connectivity index (χ4v) is 10.9. The van der Waals surface area contributed by atoms with Crippen molar-refractivity contribution in [3.8, 4) is 21.0 Å². The van der Waals surface area contributed by atoms with E-state index in [-0.39, 0.29) is 48.1 Å². The van der Waals surface area contributed by atoms with Crippen molar-refractivity contribution in [2.75, 3.05) is 27.3 Å². The van der Waals surface area contributed by atoms with Crippen LogP contribution in [-0.4, -0.2) is 88.7 Å². The number of hydrogen-bond donors (Lipinski definition) is 2. The predicted octanol–water partition coefficient (Wildman–Crippen LogP) is 8.57. The van der Waals surface area contributed by atoms with Crippen molar-refractivity contribution in [1.29, 1.82) is 0 Å². The van der Waals surface area contributed by atoms with Crippen LogP contribution in [0.4, 0.5) is 4.79 Å². The topological polar surface area (TPSA) is 146 Å². The largest absolute Gasteiger partial charge is 0.469 e. The normalized spacial score (nSPS) is 21.8. The number of aliphatic imine (C=N–C) groups is 1. The Morgan fingerprint density at radius 3 is 2.10 bits per heavy atom. The van der Waals surface area contributed by atoms with Gasteiger partial charge in [0.2, 0.25) is 11.8 Å². The first-order valence-corrected chi connectivity index (χ1v) is 21.8. The van der Waals surface area contributed by atoms with Gasteiger partial charge in [-0.25, -0.2) is 9.78 Å². The zero-order chi connectivity index (χ0) is 41.4. The van der Waals surface area contributed by atoms with E-state index >= 15 is 0 Å². The van der Waals surface area contributed by atoms with E-state index in [1.54, 1.807) is 22.7 Å². The molecule has 6 atom stereocenters. The molecule has 0 saturated carbocycles. The van der Waals surface area contributed by atoms with Crippen molar-refractivity contribution in [1.82, 2.24) is 25.1 Å². The summed E-state index contributed by atoms with van der Waals surface area (Å²) in [5.74, 6) is 0.419. The first kappa shape index (κ1) is 41.3. The van der Waals surface area contributed by atoms with Crippen molar-refractivity contribution >= 4 is 67.2 Å². The molecule has 0 radical (unpaired) electrons. The van der Waals surface area contributed by atoms with E-state index in [2.05, 4.69) is 60.5 Å². The molecule has 0 aliphatic carbocycles. The van der Waals surface area contributed by atoms with Crippen molar-refractivity contribution in [3.05, 3.63) is 60.2 Å². The van der Waals surface area contributed by atoms with Gasteiger partial charge in [0.25, 0.3) is 0 Å². The summed E-state index contributed by atoms with van der Waals surface area (Å²) in [7, 11) is 2.67. The minimum absolute atomic E-state index is 0.0126. The Bertz CT molecular complexity index is 2200. The number of esters is 1. The third kappa shape index (κ3) is 8.49. The van der Waals surface area contributed by atoms with Gasteiger partial charge in [-0.1, -0.05) is 65.8 Å². The van der Waals surface area contributed by atoms with Gasteiger partial charge in [0.1, 0.15) is 11.9 Å². The third-order valence-corrected chi connectivity index (χ3v) is 14.2. The summed E-state index contributed by atoms with van der Waals surface area (Å²) in [6, 6.07) is 12.1. The summed E-state index contributed by atoms with van der Waals surface area (Å²) >= 11 is 3.47. The number of hydrogen-bond acceptors (Lipinski definition) is 10. The zero-order valence-electron chi connectivity index (χ0n) is 34.5. The van der Waals surface area contributed by atoms with Crippen LogP contribution in [0.1, 0.15) is 84.7 Å². The second kappa shape index (κ2) is 17.2. The number of fused-ring (bicyclic) bond motifs is 1. The number of carbonyl (C=O) groups is 4. The van der Waals surface area contributed by atoms with Crippen molar-refractivity contribution < 1.29 is 28.7 Å². The molecule has 14 heteroatoms. The van der Waals surface area contributed by atoms with E-state index in [1.165, 1.54) is 28.5 Å². The lowest BCUT2D eigenvalue weighted by molar-refractivity contribution is -0.148. The molecular weight excluding hydrogens is 773 g/mol. The Kier molecular flexibility index (Phi) is 12.3. The molecule has 0 spiro atoms. The van der Waals surface area contributed by atoms with E-state index in [0.717, 1.165) is 51.6 Å². The molecule has 2 saturated heterocycles. The minimum atomic E-state index is -0.689. The molecule has 1 aromatic carbocycles. The second-order valence-corrected chi connectivity index (χ2v) is 19.0. The van der Waals surface area contributed by atoms with Gasteiger partial charge in [0.05, 0.1) is 55.4 Å². The highest BCUT2D eigenvalue weighted by Gasteiger charge is 2.42. The number of nitrogens with one attached hydrogen (secondary N) is 2. The Morgan fingerprint density at radius 1 is 0.845 bits per heavy atom. The molecule has 12 nitrogen and oxygen atoms in total. The lowest BCUT2D eigenvalue weighted by atomic mass is 9.90. The SMILES string of the molecule is COC(=O)C[C@H](C(=O)N1C[C@@H](C)C[C@H]1C1=NC=C(c2ccc(-c3cc4sc(-c5cnc([C@@H]6C[C@H](C)CN6C(=O)[C@@H](NC(=O)OC)C(C)C)[nH]5)cc4s3)cc2)C1)C(C)C. The minimum Gasteiger partial charge on any atom is -0.469 e. The summed E-state index contributed by atoms with van der Waals surface area (Å²) < 4.78 is 12.1. The maximum atomic E-state index is 13.8. The van der Waals surface area contributed by atoms with Gasteiger partial charge in [-0.2, -0.15) is 0 Å². The number of imidazole rings is 1. The number of thiophene rings is 2. The summed E-state index contributed by atoms with van der Waals surface area (Å²) in [6.07, 6.45) is 5.61. The average molecular weight is 827 g/mol.